The maximum absolute atomic E-state index is 8.63. The maximum Gasteiger partial charge on any atom is 0.115 e. The lowest BCUT2D eigenvalue weighted by molar-refractivity contribution is 0.475. The molecule has 0 aromatic heterocycles. The molecule has 0 aliphatic carbocycles. The monoisotopic (exact) mass is 350 g/mol. The zero-order chi connectivity index (χ0) is 20.8. The molecule has 2 rings (SSSR count). The van der Waals surface area contributed by atoms with Gasteiger partial charge in [-0.1, -0.05) is 137 Å². The highest BCUT2D eigenvalue weighted by Crippen LogP contribution is 2.02. The van der Waals surface area contributed by atoms with E-state index in [1.807, 2.05) is 84.0 Å². The minimum absolute atomic E-state index is 0.322. The van der Waals surface area contributed by atoms with Crippen molar-refractivity contribution >= 4 is 0 Å². The van der Waals surface area contributed by atoms with Crippen LogP contribution in [0.3, 0.4) is 0 Å². The molecule has 0 heterocycles. The zero-order valence-electron chi connectivity index (χ0n) is 18.7. The summed E-state index contributed by atoms with van der Waals surface area (Å²) in [5.74, 6) is 0.322. The fraction of sp³-hybridized carbons (Fsp3) is 0.500. The van der Waals surface area contributed by atoms with E-state index in [4.69, 9.17) is 5.11 Å². The summed E-state index contributed by atoms with van der Waals surface area (Å²) >= 11 is 0. The van der Waals surface area contributed by atoms with Gasteiger partial charge in [0.2, 0.25) is 0 Å². The first kappa shape index (κ1) is 34.6. The van der Waals surface area contributed by atoms with Crippen LogP contribution in [0.25, 0.3) is 0 Å². The summed E-state index contributed by atoms with van der Waals surface area (Å²) in [6.45, 7) is 20.5. The van der Waals surface area contributed by atoms with Crippen LogP contribution in [0.2, 0.25) is 0 Å². The Balaban J connectivity index is -0.0000000678. The quantitative estimate of drug-likeness (QED) is 0.502. The van der Waals surface area contributed by atoms with Crippen molar-refractivity contribution in [2.24, 2.45) is 0 Å². The first-order valence-electron chi connectivity index (χ1n) is 9.96. The second-order valence-electron chi connectivity index (χ2n) is 3.90. The molecular formula is C24H46O. The number of phenols is 1. The average molecular weight is 351 g/mol. The van der Waals surface area contributed by atoms with E-state index in [0.717, 1.165) is 0 Å². The minimum atomic E-state index is 0.322. The number of rotatable bonds is 0. The van der Waals surface area contributed by atoms with Gasteiger partial charge in [-0.25, -0.2) is 0 Å². The maximum atomic E-state index is 8.63. The summed E-state index contributed by atoms with van der Waals surface area (Å²) < 4.78 is 0. The molecule has 0 unspecified atom stereocenters. The first-order valence-corrected chi connectivity index (χ1v) is 9.96. The van der Waals surface area contributed by atoms with E-state index in [2.05, 4.69) is 27.7 Å². The van der Waals surface area contributed by atoms with Crippen LogP contribution in [-0.4, -0.2) is 5.11 Å². The molecule has 2 aromatic carbocycles. The number of phenolic OH excluding ortho intramolecular Hbond substituents is 1. The Morgan fingerprint density at radius 3 is 0.760 bits per heavy atom. The molecule has 1 N–H and O–H groups in total. The van der Waals surface area contributed by atoms with Crippen LogP contribution in [0, 0.1) is 0 Å². The van der Waals surface area contributed by atoms with Gasteiger partial charge in [-0.3, -0.25) is 0 Å². The van der Waals surface area contributed by atoms with Crippen LogP contribution in [0.1, 0.15) is 82.1 Å². The summed E-state index contributed by atoms with van der Waals surface area (Å²) in [5, 5.41) is 8.63. The second-order valence-corrected chi connectivity index (χ2v) is 3.90. The minimum Gasteiger partial charge on any atom is -0.508 e. The predicted molar refractivity (Wildman–Crippen MR) is 121 cm³/mol. The van der Waals surface area contributed by atoms with Crippen LogP contribution in [0.5, 0.6) is 5.75 Å². The molecule has 148 valence electrons. The van der Waals surface area contributed by atoms with Crippen LogP contribution in [0.15, 0.2) is 66.7 Å². The van der Waals surface area contributed by atoms with Crippen molar-refractivity contribution in [1.29, 1.82) is 0 Å². The number of hydrogen-bond acceptors (Lipinski definition) is 1. The largest absolute Gasteiger partial charge is 0.508 e. The van der Waals surface area contributed by atoms with Crippen molar-refractivity contribution in [3.8, 4) is 5.75 Å². The van der Waals surface area contributed by atoms with Gasteiger partial charge in [-0.05, 0) is 12.1 Å². The Hall–Kier alpha value is -1.76. The number of aromatic hydroxyl groups is 1. The molecule has 1 heteroatoms. The van der Waals surface area contributed by atoms with Gasteiger partial charge in [0.1, 0.15) is 5.75 Å². The van der Waals surface area contributed by atoms with E-state index >= 15 is 0 Å². The Bertz CT molecular complexity index is 301. The van der Waals surface area contributed by atoms with Gasteiger partial charge in [-0.2, -0.15) is 0 Å². The van der Waals surface area contributed by atoms with Crippen molar-refractivity contribution in [2.45, 2.75) is 82.1 Å². The molecule has 0 saturated heterocycles. The molecule has 0 bridgehead atoms. The average Bonchev–Trinajstić information content (AvgIpc) is 2.70. The van der Waals surface area contributed by atoms with Crippen LogP contribution in [-0.2, 0) is 0 Å². The molecule has 0 radical (unpaired) electrons. The topological polar surface area (TPSA) is 20.2 Å². The van der Waals surface area contributed by atoms with E-state index in [-0.39, 0.29) is 0 Å². The summed E-state index contributed by atoms with van der Waals surface area (Å²) in [6, 6.07) is 20.7. The Morgan fingerprint density at radius 1 is 0.480 bits per heavy atom. The van der Waals surface area contributed by atoms with E-state index in [1.54, 1.807) is 24.3 Å². The predicted octanol–water partition coefficient (Wildman–Crippen LogP) is 8.99. The molecule has 0 atom stereocenters. The van der Waals surface area contributed by atoms with Crippen LogP contribution in [0.4, 0.5) is 0 Å². The van der Waals surface area contributed by atoms with Gasteiger partial charge < -0.3 is 5.11 Å². The Labute approximate surface area is 160 Å². The smallest absolute Gasteiger partial charge is 0.115 e. The van der Waals surface area contributed by atoms with Crippen molar-refractivity contribution < 1.29 is 5.11 Å². The standard InChI is InChI=1S/C6H6O.C6H6.2C3H8.3C2H6/c7-6-4-2-1-3-5-6;1-2-4-6-5-3-1;2*1-3-2;3*1-2/h1-5,7H;1-6H;2*3H2,1-2H3;3*1-2H3. The molecule has 0 amide bonds. The lowest BCUT2D eigenvalue weighted by Crippen LogP contribution is -1.56. The highest BCUT2D eigenvalue weighted by Gasteiger charge is 1.74. The van der Waals surface area contributed by atoms with Crippen molar-refractivity contribution in [3.05, 3.63) is 66.7 Å². The van der Waals surface area contributed by atoms with Crippen molar-refractivity contribution in [2.75, 3.05) is 0 Å². The molecule has 1 nitrogen and oxygen atoms in total. The second kappa shape index (κ2) is 49.5. The van der Waals surface area contributed by atoms with E-state index < -0.39 is 0 Å². The SMILES string of the molecule is CC.CC.CC.CCC.CCC.Oc1ccccc1.c1ccccc1. The van der Waals surface area contributed by atoms with Crippen LogP contribution < -0.4 is 0 Å². The molecule has 0 fully saturated rings. The molecule has 0 aliphatic heterocycles. The van der Waals surface area contributed by atoms with Crippen LogP contribution >= 0.6 is 0 Å². The molecule has 25 heavy (non-hydrogen) atoms. The van der Waals surface area contributed by atoms with Gasteiger partial charge in [0.25, 0.3) is 0 Å². The number of para-hydroxylation sites is 1. The summed E-state index contributed by atoms with van der Waals surface area (Å²) in [6.07, 6.45) is 2.50. The highest BCUT2D eigenvalue weighted by molar-refractivity contribution is 5.18. The highest BCUT2D eigenvalue weighted by atomic mass is 16.3. The molecular weight excluding hydrogens is 304 g/mol. The molecule has 0 aliphatic rings. The number of benzene rings is 2. The van der Waals surface area contributed by atoms with Crippen molar-refractivity contribution in [3.63, 3.8) is 0 Å². The lowest BCUT2D eigenvalue weighted by atomic mass is 10.3. The molecule has 0 spiro atoms. The van der Waals surface area contributed by atoms with Crippen molar-refractivity contribution in [1.82, 2.24) is 0 Å². The van der Waals surface area contributed by atoms with E-state index in [1.165, 1.54) is 12.8 Å². The lowest BCUT2D eigenvalue weighted by Gasteiger charge is -1.82. The third-order valence-electron chi connectivity index (χ3n) is 1.42. The zero-order valence-corrected chi connectivity index (χ0v) is 18.7. The van der Waals surface area contributed by atoms with Gasteiger partial charge in [0, 0.05) is 0 Å². The molecule has 2 aromatic rings. The normalized spacial score (nSPS) is 6.48. The number of hydrogen-bond donors (Lipinski definition) is 1. The third kappa shape index (κ3) is 60.8. The summed E-state index contributed by atoms with van der Waals surface area (Å²) in [5.41, 5.74) is 0. The van der Waals surface area contributed by atoms with E-state index in [0.29, 0.717) is 5.75 Å². The first-order chi connectivity index (χ1) is 12.2. The molecule has 0 saturated carbocycles. The van der Waals surface area contributed by atoms with Gasteiger partial charge in [-0.15, -0.1) is 0 Å². The van der Waals surface area contributed by atoms with Gasteiger partial charge in [0.05, 0.1) is 0 Å². The third-order valence-corrected chi connectivity index (χ3v) is 1.42. The van der Waals surface area contributed by atoms with Gasteiger partial charge in [0.15, 0.2) is 0 Å². The van der Waals surface area contributed by atoms with Gasteiger partial charge >= 0.3 is 0 Å². The Morgan fingerprint density at radius 2 is 0.640 bits per heavy atom. The summed E-state index contributed by atoms with van der Waals surface area (Å²) in [4.78, 5) is 0. The van der Waals surface area contributed by atoms with E-state index in [9.17, 15) is 0 Å². The Kier molecular flexibility index (Phi) is 68.4. The summed E-state index contributed by atoms with van der Waals surface area (Å²) in [7, 11) is 0. The fourth-order valence-corrected chi connectivity index (χ4v) is 0.813. The fourth-order valence-electron chi connectivity index (χ4n) is 0.813.